The molecule has 1 heterocycles. The molecule has 1 atom stereocenters. The molecule has 6 nitrogen and oxygen atoms in total. The summed E-state index contributed by atoms with van der Waals surface area (Å²) in [5.74, 6) is 0. The summed E-state index contributed by atoms with van der Waals surface area (Å²) in [4.78, 5) is 10.5. The van der Waals surface area contributed by atoms with Gasteiger partial charge in [0.15, 0.2) is 0 Å². The van der Waals surface area contributed by atoms with Gasteiger partial charge in [-0.25, -0.2) is 0 Å². The van der Waals surface area contributed by atoms with Crippen LogP contribution in [0.15, 0.2) is 22.7 Å². The molecule has 1 unspecified atom stereocenters. The Morgan fingerprint density at radius 2 is 2.44 bits per heavy atom. The summed E-state index contributed by atoms with van der Waals surface area (Å²) in [5, 5.41) is 17.3. The molecular weight excluding hydrogens is 302 g/mol. The molecule has 2 rings (SSSR count). The van der Waals surface area contributed by atoms with Crippen molar-refractivity contribution < 1.29 is 9.66 Å². The zero-order chi connectivity index (χ0) is 13.0. The van der Waals surface area contributed by atoms with Crippen LogP contribution in [0.4, 0.5) is 11.4 Å². The Kier molecular flexibility index (Phi) is 4.51. The quantitative estimate of drug-likeness (QED) is 0.654. The minimum atomic E-state index is -0.391. The van der Waals surface area contributed by atoms with Gasteiger partial charge in [-0.2, -0.15) is 0 Å². The Balaban J connectivity index is 2.01. The molecule has 2 N–H and O–H groups in total. The van der Waals surface area contributed by atoms with Crippen LogP contribution >= 0.6 is 15.9 Å². The van der Waals surface area contributed by atoms with Gasteiger partial charge in [-0.3, -0.25) is 10.1 Å². The Labute approximate surface area is 113 Å². The maximum absolute atomic E-state index is 10.9. The fourth-order valence-corrected chi connectivity index (χ4v) is 2.14. The lowest BCUT2D eigenvalue weighted by molar-refractivity contribution is -0.384. The van der Waals surface area contributed by atoms with Crippen LogP contribution in [0.3, 0.4) is 0 Å². The van der Waals surface area contributed by atoms with Crippen molar-refractivity contribution in [1.82, 2.24) is 5.32 Å². The standard InChI is InChI=1S/C11H14BrN3O3/c12-8-1-2-10(11(5-8)15(16)17)14-6-9-7-18-4-3-13-9/h1-2,5,9,13-14H,3-4,6-7H2. The third-order valence-corrected chi connectivity index (χ3v) is 3.19. The van der Waals surface area contributed by atoms with E-state index in [1.54, 1.807) is 12.1 Å². The average Bonchev–Trinajstić information content (AvgIpc) is 2.38. The summed E-state index contributed by atoms with van der Waals surface area (Å²) in [6.07, 6.45) is 0. The van der Waals surface area contributed by atoms with Gasteiger partial charge in [0.2, 0.25) is 0 Å². The lowest BCUT2D eigenvalue weighted by Crippen LogP contribution is -2.45. The first-order valence-electron chi connectivity index (χ1n) is 5.66. The van der Waals surface area contributed by atoms with Gasteiger partial charge in [0.1, 0.15) is 5.69 Å². The summed E-state index contributed by atoms with van der Waals surface area (Å²) in [6, 6.07) is 5.15. The molecule has 0 bridgehead atoms. The molecule has 0 radical (unpaired) electrons. The Morgan fingerprint density at radius 1 is 1.61 bits per heavy atom. The van der Waals surface area contributed by atoms with Crippen molar-refractivity contribution >= 4 is 27.3 Å². The van der Waals surface area contributed by atoms with Gasteiger partial charge >= 0.3 is 0 Å². The molecular formula is C11H14BrN3O3. The number of nitro groups is 1. The highest BCUT2D eigenvalue weighted by molar-refractivity contribution is 9.10. The van der Waals surface area contributed by atoms with Gasteiger partial charge in [0.05, 0.1) is 18.1 Å². The summed E-state index contributed by atoms with van der Waals surface area (Å²) in [5.41, 5.74) is 0.594. The first-order chi connectivity index (χ1) is 8.66. The minimum absolute atomic E-state index is 0.0705. The van der Waals surface area contributed by atoms with Gasteiger partial charge in [-0.15, -0.1) is 0 Å². The number of hydrogen-bond donors (Lipinski definition) is 2. The largest absolute Gasteiger partial charge is 0.378 e. The van der Waals surface area contributed by atoms with Crippen LogP contribution in [-0.2, 0) is 4.74 Å². The van der Waals surface area contributed by atoms with Crippen molar-refractivity contribution in [1.29, 1.82) is 0 Å². The highest BCUT2D eigenvalue weighted by Crippen LogP contribution is 2.27. The highest BCUT2D eigenvalue weighted by Gasteiger charge is 2.17. The monoisotopic (exact) mass is 315 g/mol. The van der Waals surface area contributed by atoms with Crippen LogP contribution in [0.5, 0.6) is 0 Å². The highest BCUT2D eigenvalue weighted by atomic mass is 79.9. The number of nitrogens with one attached hydrogen (secondary N) is 2. The van der Waals surface area contributed by atoms with E-state index in [4.69, 9.17) is 4.74 Å². The minimum Gasteiger partial charge on any atom is -0.378 e. The zero-order valence-corrected chi connectivity index (χ0v) is 11.3. The van der Waals surface area contributed by atoms with E-state index >= 15 is 0 Å². The van der Waals surface area contributed by atoms with Gasteiger partial charge in [-0.1, -0.05) is 15.9 Å². The maximum atomic E-state index is 10.9. The van der Waals surface area contributed by atoms with Crippen LogP contribution in [0, 0.1) is 10.1 Å². The number of benzene rings is 1. The normalized spacial score (nSPS) is 19.5. The smallest absolute Gasteiger partial charge is 0.293 e. The van der Waals surface area contributed by atoms with E-state index in [-0.39, 0.29) is 11.7 Å². The van der Waals surface area contributed by atoms with Crippen molar-refractivity contribution in [2.24, 2.45) is 0 Å². The number of rotatable bonds is 4. The molecule has 98 valence electrons. The molecule has 1 aliphatic heterocycles. The van der Waals surface area contributed by atoms with Crippen molar-refractivity contribution in [2.45, 2.75) is 6.04 Å². The molecule has 0 amide bonds. The second-order valence-corrected chi connectivity index (χ2v) is 4.94. The maximum Gasteiger partial charge on any atom is 0.293 e. The van der Waals surface area contributed by atoms with Crippen LogP contribution < -0.4 is 10.6 Å². The van der Waals surface area contributed by atoms with Crippen LogP contribution in [0.1, 0.15) is 0 Å². The van der Waals surface area contributed by atoms with Crippen molar-refractivity contribution in [3.05, 3.63) is 32.8 Å². The number of nitro benzene ring substituents is 1. The predicted molar refractivity (Wildman–Crippen MR) is 71.9 cm³/mol. The number of nitrogens with zero attached hydrogens (tertiary/aromatic N) is 1. The van der Waals surface area contributed by atoms with Gasteiger partial charge in [-0.05, 0) is 12.1 Å². The van der Waals surface area contributed by atoms with E-state index < -0.39 is 4.92 Å². The number of anilines is 1. The summed E-state index contributed by atoms with van der Waals surface area (Å²) in [7, 11) is 0. The molecule has 0 aromatic heterocycles. The first kappa shape index (κ1) is 13.3. The number of hydrogen-bond acceptors (Lipinski definition) is 5. The molecule has 0 saturated carbocycles. The van der Waals surface area contributed by atoms with Crippen LogP contribution in [-0.4, -0.2) is 37.3 Å². The predicted octanol–water partition coefficient (Wildman–Crippen LogP) is 1.76. The van der Waals surface area contributed by atoms with Crippen LogP contribution in [0.25, 0.3) is 0 Å². The average molecular weight is 316 g/mol. The summed E-state index contributed by atoms with van der Waals surface area (Å²) in [6.45, 7) is 2.75. The molecule has 1 aromatic rings. The van der Waals surface area contributed by atoms with Crippen molar-refractivity contribution in [2.75, 3.05) is 31.6 Å². The molecule has 0 spiro atoms. The van der Waals surface area contributed by atoms with E-state index in [1.165, 1.54) is 6.07 Å². The topological polar surface area (TPSA) is 76.4 Å². The van der Waals surface area contributed by atoms with Gasteiger partial charge < -0.3 is 15.4 Å². The van der Waals surface area contributed by atoms with Gasteiger partial charge in [0, 0.05) is 29.7 Å². The van der Waals surface area contributed by atoms with E-state index in [1.807, 2.05) is 0 Å². The molecule has 18 heavy (non-hydrogen) atoms. The van der Waals surface area contributed by atoms with Crippen LogP contribution in [0.2, 0.25) is 0 Å². The molecule has 0 aliphatic carbocycles. The Hall–Kier alpha value is -1.18. The summed E-state index contributed by atoms with van der Waals surface area (Å²) >= 11 is 3.23. The first-order valence-corrected chi connectivity index (χ1v) is 6.45. The fraction of sp³-hybridized carbons (Fsp3) is 0.455. The zero-order valence-electron chi connectivity index (χ0n) is 9.69. The third kappa shape index (κ3) is 3.41. The molecule has 1 aromatic carbocycles. The second kappa shape index (κ2) is 6.12. The van der Waals surface area contributed by atoms with Crippen molar-refractivity contribution in [3.8, 4) is 0 Å². The Morgan fingerprint density at radius 3 is 3.11 bits per heavy atom. The van der Waals surface area contributed by atoms with Crippen molar-refractivity contribution in [3.63, 3.8) is 0 Å². The molecule has 1 aliphatic rings. The lowest BCUT2D eigenvalue weighted by atomic mass is 10.2. The van der Waals surface area contributed by atoms with E-state index in [0.29, 0.717) is 23.3 Å². The summed E-state index contributed by atoms with van der Waals surface area (Å²) < 4.78 is 6.02. The number of halogens is 1. The SMILES string of the molecule is O=[N+]([O-])c1cc(Br)ccc1NCC1COCCN1. The number of morpholine rings is 1. The van der Waals surface area contributed by atoms with Gasteiger partial charge in [0.25, 0.3) is 5.69 Å². The number of ether oxygens (including phenoxy) is 1. The third-order valence-electron chi connectivity index (χ3n) is 2.69. The fourth-order valence-electron chi connectivity index (χ4n) is 1.79. The van der Waals surface area contributed by atoms with E-state index in [2.05, 4.69) is 26.6 Å². The Bertz CT molecular complexity index is 436. The van der Waals surface area contributed by atoms with E-state index in [0.717, 1.165) is 13.2 Å². The molecule has 1 saturated heterocycles. The molecule has 1 fully saturated rings. The molecule has 7 heteroatoms. The lowest BCUT2D eigenvalue weighted by Gasteiger charge is -2.24. The second-order valence-electron chi connectivity index (χ2n) is 4.03. The van der Waals surface area contributed by atoms with E-state index in [9.17, 15) is 10.1 Å².